The predicted octanol–water partition coefficient (Wildman–Crippen LogP) is 2.63. The topological polar surface area (TPSA) is 52.1 Å². The molecule has 1 aromatic heterocycles. The third kappa shape index (κ3) is 3.54. The summed E-state index contributed by atoms with van der Waals surface area (Å²) >= 11 is 1.46. The molecule has 2 rings (SSSR count). The maximum absolute atomic E-state index is 12.2. The summed E-state index contributed by atoms with van der Waals surface area (Å²) in [6.07, 6.45) is 3.85. The van der Waals surface area contributed by atoms with E-state index in [1.807, 2.05) is 12.3 Å². The maximum atomic E-state index is 12.2. The molecular formula is C14H14N2O2S. The van der Waals surface area contributed by atoms with Crippen molar-refractivity contribution in [2.24, 2.45) is 0 Å². The van der Waals surface area contributed by atoms with Gasteiger partial charge >= 0.3 is 0 Å². The first-order valence-electron chi connectivity index (χ1n) is 5.76. The second-order valence-corrected chi connectivity index (χ2v) is 4.64. The number of ketones is 1. The van der Waals surface area contributed by atoms with E-state index < -0.39 is 0 Å². The van der Waals surface area contributed by atoms with Crippen LogP contribution in [0.3, 0.4) is 0 Å². The second-order valence-electron chi connectivity index (χ2n) is 3.87. The molecule has 0 saturated heterocycles. The van der Waals surface area contributed by atoms with Crippen LogP contribution in [0.4, 0.5) is 0 Å². The molecule has 98 valence electrons. The molecule has 0 saturated carbocycles. The van der Waals surface area contributed by atoms with Gasteiger partial charge in [-0.15, -0.1) is 0 Å². The molecule has 0 atom stereocenters. The highest BCUT2D eigenvalue weighted by Crippen LogP contribution is 2.15. The van der Waals surface area contributed by atoms with Crippen LogP contribution in [0.15, 0.2) is 41.7 Å². The Morgan fingerprint density at radius 1 is 1.37 bits per heavy atom. The Bertz CT molecular complexity index is 587. The van der Waals surface area contributed by atoms with Gasteiger partial charge < -0.3 is 4.74 Å². The van der Waals surface area contributed by atoms with Gasteiger partial charge in [-0.25, -0.2) is 9.97 Å². The minimum atomic E-state index is 0.0182. The number of thioether (sulfide) groups is 1. The van der Waals surface area contributed by atoms with Crippen molar-refractivity contribution in [3.05, 3.63) is 47.8 Å². The first-order valence-corrected chi connectivity index (χ1v) is 6.98. The zero-order valence-corrected chi connectivity index (χ0v) is 11.6. The fourth-order valence-electron chi connectivity index (χ4n) is 1.64. The van der Waals surface area contributed by atoms with Crippen LogP contribution in [0.2, 0.25) is 0 Å². The van der Waals surface area contributed by atoms with E-state index in [-0.39, 0.29) is 12.2 Å². The predicted molar refractivity (Wildman–Crippen MR) is 74.8 cm³/mol. The molecule has 5 heteroatoms. The number of carbonyl (C=O) groups excluding carboxylic acids is 1. The van der Waals surface area contributed by atoms with E-state index in [9.17, 15) is 4.79 Å². The van der Waals surface area contributed by atoms with Crippen LogP contribution >= 0.6 is 11.8 Å². The molecule has 0 fully saturated rings. The highest BCUT2D eigenvalue weighted by molar-refractivity contribution is 7.98. The third-order valence-corrected chi connectivity index (χ3v) is 3.17. The standard InChI is InChI=1S/C14H14N2O2S/c1-18-12-5-3-4-10(8-12)13(17)9-11-6-7-15-14(16-11)19-2/h3-8H,9H2,1-2H3. The molecule has 0 aliphatic rings. The summed E-state index contributed by atoms with van der Waals surface area (Å²) in [5.74, 6) is 0.697. The van der Waals surface area contributed by atoms with Crippen molar-refractivity contribution in [2.75, 3.05) is 13.4 Å². The minimum Gasteiger partial charge on any atom is -0.497 e. The van der Waals surface area contributed by atoms with E-state index in [4.69, 9.17) is 4.74 Å². The quantitative estimate of drug-likeness (QED) is 0.476. The highest BCUT2D eigenvalue weighted by atomic mass is 32.2. The van der Waals surface area contributed by atoms with Gasteiger partial charge in [-0.05, 0) is 24.5 Å². The zero-order chi connectivity index (χ0) is 13.7. The Hall–Kier alpha value is -1.88. The van der Waals surface area contributed by atoms with Crippen molar-refractivity contribution in [3.8, 4) is 5.75 Å². The fraction of sp³-hybridized carbons (Fsp3) is 0.214. The van der Waals surface area contributed by atoms with Gasteiger partial charge in [0.05, 0.1) is 19.2 Å². The van der Waals surface area contributed by atoms with Crippen molar-refractivity contribution in [2.45, 2.75) is 11.6 Å². The van der Waals surface area contributed by atoms with Crippen molar-refractivity contribution >= 4 is 17.5 Å². The number of hydrogen-bond acceptors (Lipinski definition) is 5. The van der Waals surface area contributed by atoms with E-state index in [2.05, 4.69) is 9.97 Å². The Morgan fingerprint density at radius 3 is 2.95 bits per heavy atom. The molecule has 1 heterocycles. The summed E-state index contributed by atoms with van der Waals surface area (Å²) in [6, 6.07) is 8.89. The van der Waals surface area contributed by atoms with Gasteiger partial charge in [0.15, 0.2) is 10.9 Å². The first kappa shape index (κ1) is 13.5. The van der Waals surface area contributed by atoms with Crippen molar-refractivity contribution in [3.63, 3.8) is 0 Å². The van der Waals surface area contributed by atoms with Crippen molar-refractivity contribution in [1.82, 2.24) is 9.97 Å². The molecule has 0 unspecified atom stereocenters. The number of carbonyl (C=O) groups is 1. The second kappa shape index (κ2) is 6.33. The van der Waals surface area contributed by atoms with Crippen LogP contribution in [-0.2, 0) is 6.42 Å². The molecule has 0 spiro atoms. The number of hydrogen-bond donors (Lipinski definition) is 0. The van der Waals surface area contributed by atoms with Crippen LogP contribution in [-0.4, -0.2) is 29.1 Å². The third-order valence-electron chi connectivity index (χ3n) is 2.61. The largest absolute Gasteiger partial charge is 0.497 e. The van der Waals surface area contributed by atoms with Gasteiger partial charge in [0.2, 0.25) is 0 Å². The summed E-state index contributed by atoms with van der Waals surface area (Å²) in [5, 5.41) is 0.677. The van der Waals surface area contributed by atoms with E-state index in [0.29, 0.717) is 16.5 Å². The number of benzene rings is 1. The number of Topliss-reactive ketones (excluding diaryl/α,β-unsaturated/α-hetero) is 1. The van der Waals surface area contributed by atoms with Crippen LogP contribution in [0.5, 0.6) is 5.75 Å². The number of aromatic nitrogens is 2. The minimum absolute atomic E-state index is 0.0182. The van der Waals surface area contributed by atoms with Crippen molar-refractivity contribution in [1.29, 1.82) is 0 Å². The Kier molecular flexibility index (Phi) is 4.52. The summed E-state index contributed by atoms with van der Waals surface area (Å²) < 4.78 is 5.11. The SMILES string of the molecule is COc1cccc(C(=O)Cc2ccnc(SC)n2)c1. The van der Waals surface area contributed by atoms with Gasteiger partial charge in [-0.3, -0.25) is 4.79 Å². The van der Waals surface area contributed by atoms with Gasteiger partial charge in [0, 0.05) is 11.8 Å². The van der Waals surface area contributed by atoms with Gasteiger partial charge in [-0.1, -0.05) is 23.9 Å². The average molecular weight is 274 g/mol. The number of methoxy groups -OCH3 is 1. The molecule has 0 aliphatic heterocycles. The molecule has 0 bridgehead atoms. The lowest BCUT2D eigenvalue weighted by Gasteiger charge is -2.04. The van der Waals surface area contributed by atoms with Gasteiger partial charge in [-0.2, -0.15) is 0 Å². The maximum Gasteiger partial charge on any atom is 0.187 e. The molecule has 0 aliphatic carbocycles. The van der Waals surface area contributed by atoms with E-state index >= 15 is 0 Å². The fourth-order valence-corrected chi connectivity index (χ4v) is 2.01. The molecule has 0 amide bonds. The van der Waals surface area contributed by atoms with Crippen LogP contribution in [0.1, 0.15) is 16.1 Å². The lowest BCUT2D eigenvalue weighted by molar-refractivity contribution is 0.0991. The molecule has 0 N–H and O–H groups in total. The molecule has 2 aromatic rings. The van der Waals surface area contributed by atoms with E-state index in [1.54, 1.807) is 37.6 Å². The normalized spacial score (nSPS) is 10.2. The monoisotopic (exact) mass is 274 g/mol. The Labute approximate surface area is 116 Å². The first-order chi connectivity index (χ1) is 9.22. The molecular weight excluding hydrogens is 260 g/mol. The lowest BCUT2D eigenvalue weighted by Crippen LogP contribution is -2.06. The van der Waals surface area contributed by atoms with Gasteiger partial charge in [0.25, 0.3) is 0 Å². The smallest absolute Gasteiger partial charge is 0.187 e. The van der Waals surface area contributed by atoms with Crippen LogP contribution in [0.25, 0.3) is 0 Å². The molecule has 1 aromatic carbocycles. The zero-order valence-electron chi connectivity index (χ0n) is 10.8. The average Bonchev–Trinajstić information content (AvgIpc) is 2.47. The Balaban J connectivity index is 2.15. The highest BCUT2D eigenvalue weighted by Gasteiger charge is 2.09. The van der Waals surface area contributed by atoms with E-state index in [0.717, 1.165) is 5.69 Å². The summed E-state index contributed by atoms with van der Waals surface area (Å²) in [7, 11) is 1.58. The summed E-state index contributed by atoms with van der Waals surface area (Å²) in [4.78, 5) is 20.5. The summed E-state index contributed by atoms with van der Waals surface area (Å²) in [5.41, 5.74) is 1.36. The van der Waals surface area contributed by atoms with Gasteiger partial charge in [0.1, 0.15) is 5.75 Å². The van der Waals surface area contributed by atoms with Crippen LogP contribution in [0, 0.1) is 0 Å². The van der Waals surface area contributed by atoms with E-state index in [1.165, 1.54) is 11.8 Å². The lowest BCUT2D eigenvalue weighted by atomic mass is 10.1. The molecule has 19 heavy (non-hydrogen) atoms. The number of ether oxygens (including phenoxy) is 1. The van der Waals surface area contributed by atoms with Crippen molar-refractivity contribution < 1.29 is 9.53 Å². The van der Waals surface area contributed by atoms with Crippen LogP contribution < -0.4 is 4.74 Å². The summed E-state index contributed by atoms with van der Waals surface area (Å²) in [6.45, 7) is 0. The Morgan fingerprint density at radius 2 is 2.21 bits per heavy atom. The molecule has 0 radical (unpaired) electrons. The number of nitrogens with zero attached hydrogens (tertiary/aromatic N) is 2. The number of rotatable bonds is 5. The molecule has 4 nitrogen and oxygen atoms in total.